The number of hydrogen-bond donors (Lipinski definition) is 1. The highest BCUT2D eigenvalue weighted by atomic mass is 16.5. The number of carbonyl (C=O) groups is 1. The van der Waals surface area contributed by atoms with Crippen molar-refractivity contribution in [3.63, 3.8) is 0 Å². The van der Waals surface area contributed by atoms with Crippen molar-refractivity contribution in [2.24, 2.45) is 0 Å². The van der Waals surface area contributed by atoms with E-state index in [0.717, 1.165) is 29.8 Å². The summed E-state index contributed by atoms with van der Waals surface area (Å²) in [6.45, 7) is 1.36. The van der Waals surface area contributed by atoms with Crippen LogP contribution in [0.4, 0.5) is 11.5 Å². The van der Waals surface area contributed by atoms with Crippen molar-refractivity contribution in [3.8, 4) is 5.75 Å². The average Bonchev–Trinajstić information content (AvgIpc) is 3.18. The number of nitrogens with zero attached hydrogens (tertiary/aromatic N) is 3. The maximum atomic E-state index is 12.9. The van der Waals surface area contributed by atoms with E-state index >= 15 is 0 Å². The zero-order valence-corrected chi connectivity index (χ0v) is 15.8. The standard InChI is InChI=1S/C22H22N4O2/c1-28-20-9-5-3-7-17(20)10-12-23-21-14-18(24-15-25-21)22(27)26-13-11-16-6-2-4-8-19(16)26/h2-9,14-15H,10-13H2,1H3,(H,23,24,25). The molecule has 1 aromatic heterocycles. The molecule has 0 atom stereocenters. The molecule has 3 aromatic rings. The maximum absolute atomic E-state index is 12.9. The lowest BCUT2D eigenvalue weighted by atomic mass is 10.1. The molecule has 0 spiro atoms. The second-order valence-electron chi connectivity index (χ2n) is 6.61. The van der Waals surface area contributed by atoms with E-state index in [1.54, 1.807) is 18.1 Å². The predicted octanol–water partition coefficient (Wildman–Crippen LogP) is 3.34. The van der Waals surface area contributed by atoms with Crippen molar-refractivity contribution in [1.82, 2.24) is 9.97 Å². The Bertz CT molecular complexity index is 990. The van der Waals surface area contributed by atoms with Crippen molar-refractivity contribution in [2.75, 3.05) is 30.4 Å². The summed E-state index contributed by atoms with van der Waals surface area (Å²) in [6.07, 6.45) is 3.09. The molecule has 6 heteroatoms. The molecule has 142 valence electrons. The van der Waals surface area contributed by atoms with Crippen molar-refractivity contribution in [2.45, 2.75) is 12.8 Å². The molecule has 1 aliphatic heterocycles. The van der Waals surface area contributed by atoms with Gasteiger partial charge in [-0.15, -0.1) is 0 Å². The number of amides is 1. The van der Waals surface area contributed by atoms with Gasteiger partial charge >= 0.3 is 0 Å². The molecule has 6 nitrogen and oxygen atoms in total. The first-order chi connectivity index (χ1) is 13.8. The molecular weight excluding hydrogens is 352 g/mol. The molecule has 0 bridgehead atoms. The minimum absolute atomic E-state index is 0.0971. The number of para-hydroxylation sites is 2. The van der Waals surface area contributed by atoms with Crippen molar-refractivity contribution in [3.05, 3.63) is 77.7 Å². The molecule has 2 heterocycles. The van der Waals surface area contributed by atoms with Crippen LogP contribution in [0.2, 0.25) is 0 Å². The molecule has 2 aromatic carbocycles. The van der Waals surface area contributed by atoms with E-state index in [-0.39, 0.29) is 5.91 Å². The van der Waals surface area contributed by atoms with Crippen LogP contribution in [0.5, 0.6) is 5.75 Å². The Kier molecular flexibility index (Phi) is 5.19. The minimum atomic E-state index is -0.0971. The van der Waals surface area contributed by atoms with Gasteiger partial charge in [0.25, 0.3) is 5.91 Å². The number of carbonyl (C=O) groups excluding carboxylic acids is 1. The quantitative estimate of drug-likeness (QED) is 0.717. The molecular formula is C22H22N4O2. The number of benzene rings is 2. The van der Waals surface area contributed by atoms with E-state index in [4.69, 9.17) is 4.74 Å². The van der Waals surface area contributed by atoms with Crippen molar-refractivity contribution < 1.29 is 9.53 Å². The van der Waals surface area contributed by atoms with Gasteiger partial charge in [0.05, 0.1) is 7.11 Å². The van der Waals surface area contributed by atoms with Crippen molar-refractivity contribution >= 4 is 17.4 Å². The van der Waals surface area contributed by atoms with Gasteiger partial charge < -0.3 is 15.0 Å². The summed E-state index contributed by atoms with van der Waals surface area (Å²) in [4.78, 5) is 23.2. The van der Waals surface area contributed by atoms with Gasteiger partial charge in [-0.05, 0) is 36.1 Å². The molecule has 1 aliphatic rings. The fraction of sp³-hybridized carbons (Fsp3) is 0.227. The lowest BCUT2D eigenvalue weighted by molar-refractivity contribution is 0.0984. The van der Waals surface area contributed by atoms with Crippen LogP contribution < -0.4 is 15.0 Å². The zero-order chi connectivity index (χ0) is 19.3. The van der Waals surface area contributed by atoms with Crippen LogP contribution in [-0.2, 0) is 12.8 Å². The lowest BCUT2D eigenvalue weighted by Gasteiger charge is -2.17. The van der Waals surface area contributed by atoms with Gasteiger partial charge in [-0.3, -0.25) is 4.79 Å². The Morgan fingerprint density at radius 3 is 2.86 bits per heavy atom. The maximum Gasteiger partial charge on any atom is 0.277 e. The Labute approximate surface area is 164 Å². The summed E-state index contributed by atoms with van der Waals surface area (Å²) >= 11 is 0. The van der Waals surface area contributed by atoms with Gasteiger partial charge in [-0.25, -0.2) is 9.97 Å². The van der Waals surface area contributed by atoms with Gasteiger partial charge in [0, 0.05) is 24.8 Å². The second kappa shape index (κ2) is 8.08. The topological polar surface area (TPSA) is 67.3 Å². The fourth-order valence-corrected chi connectivity index (χ4v) is 3.49. The fourth-order valence-electron chi connectivity index (χ4n) is 3.49. The van der Waals surface area contributed by atoms with E-state index < -0.39 is 0 Å². The average molecular weight is 374 g/mol. The number of methoxy groups -OCH3 is 1. The normalized spacial score (nSPS) is 12.5. The summed E-state index contributed by atoms with van der Waals surface area (Å²) in [7, 11) is 1.67. The van der Waals surface area contributed by atoms with E-state index in [0.29, 0.717) is 24.6 Å². The second-order valence-corrected chi connectivity index (χ2v) is 6.61. The summed E-state index contributed by atoms with van der Waals surface area (Å²) in [5.74, 6) is 1.41. The first kappa shape index (κ1) is 18.0. The molecule has 0 unspecified atom stereocenters. The first-order valence-corrected chi connectivity index (χ1v) is 9.34. The Hall–Kier alpha value is -3.41. The number of aromatic nitrogens is 2. The summed E-state index contributed by atoms with van der Waals surface area (Å²) in [6, 6.07) is 17.6. The predicted molar refractivity (Wildman–Crippen MR) is 109 cm³/mol. The van der Waals surface area contributed by atoms with Crippen molar-refractivity contribution in [1.29, 1.82) is 0 Å². The zero-order valence-electron chi connectivity index (χ0n) is 15.8. The summed E-state index contributed by atoms with van der Waals surface area (Å²) in [5, 5.41) is 3.27. The number of hydrogen-bond acceptors (Lipinski definition) is 5. The third-order valence-electron chi connectivity index (χ3n) is 4.91. The molecule has 0 fully saturated rings. The van der Waals surface area contributed by atoms with E-state index in [1.165, 1.54) is 11.9 Å². The lowest BCUT2D eigenvalue weighted by Crippen LogP contribution is -2.29. The molecule has 1 N–H and O–H groups in total. The largest absolute Gasteiger partial charge is 0.496 e. The highest BCUT2D eigenvalue weighted by Gasteiger charge is 2.26. The third-order valence-corrected chi connectivity index (χ3v) is 4.91. The van der Waals surface area contributed by atoms with Crippen LogP contribution in [0.25, 0.3) is 0 Å². The first-order valence-electron chi connectivity index (χ1n) is 9.34. The van der Waals surface area contributed by atoms with Gasteiger partial charge in [-0.1, -0.05) is 36.4 Å². The summed E-state index contributed by atoms with van der Waals surface area (Å²) < 4.78 is 5.38. The molecule has 0 radical (unpaired) electrons. The Morgan fingerprint density at radius 2 is 1.96 bits per heavy atom. The van der Waals surface area contributed by atoms with Gasteiger partial charge in [0.1, 0.15) is 23.6 Å². The number of ether oxygens (including phenoxy) is 1. The van der Waals surface area contributed by atoms with Gasteiger partial charge in [-0.2, -0.15) is 0 Å². The third kappa shape index (κ3) is 3.67. The summed E-state index contributed by atoms with van der Waals surface area (Å²) in [5.41, 5.74) is 3.68. The molecule has 4 rings (SSSR count). The highest BCUT2D eigenvalue weighted by molar-refractivity contribution is 6.06. The number of nitrogens with one attached hydrogen (secondary N) is 1. The molecule has 0 saturated carbocycles. The molecule has 0 aliphatic carbocycles. The van der Waals surface area contributed by atoms with Crippen LogP contribution in [0, 0.1) is 0 Å². The van der Waals surface area contributed by atoms with Crippen LogP contribution in [0.3, 0.4) is 0 Å². The van der Waals surface area contributed by atoms with Crippen LogP contribution in [0.15, 0.2) is 60.9 Å². The molecule has 28 heavy (non-hydrogen) atoms. The van der Waals surface area contributed by atoms with Crippen LogP contribution in [-0.4, -0.2) is 36.1 Å². The number of fused-ring (bicyclic) bond motifs is 1. The Morgan fingerprint density at radius 1 is 1.14 bits per heavy atom. The van der Waals surface area contributed by atoms with Crippen LogP contribution >= 0.6 is 0 Å². The van der Waals surface area contributed by atoms with E-state index in [1.807, 2.05) is 42.5 Å². The molecule has 1 amide bonds. The molecule has 0 saturated heterocycles. The minimum Gasteiger partial charge on any atom is -0.496 e. The SMILES string of the molecule is COc1ccccc1CCNc1cc(C(=O)N2CCc3ccccc32)ncn1. The number of anilines is 2. The van der Waals surface area contributed by atoms with E-state index in [9.17, 15) is 4.79 Å². The van der Waals surface area contributed by atoms with E-state index in [2.05, 4.69) is 21.4 Å². The van der Waals surface area contributed by atoms with Gasteiger partial charge in [0.2, 0.25) is 0 Å². The monoisotopic (exact) mass is 374 g/mol. The Balaban J connectivity index is 1.43. The van der Waals surface area contributed by atoms with Gasteiger partial charge in [0.15, 0.2) is 0 Å². The highest BCUT2D eigenvalue weighted by Crippen LogP contribution is 2.28. The number of rotatable bonds is 6. The smallest absolute Gasteiger partial charge is 0.277 e. The van der Waals surface area contributed by atoms with Crippen LogP contribution in [0.1, 0.15) is 21.6 Å².